The summed E-state index contributed by atoms with van der Waals surface area (Å²) in [5.74, 6) is 1.09. The van der Waals surface area contributed by atoms with Crippen molar-refractivity contribution in [2.45, 2.75) is 44.6 Å². The van der Waals surface area contributed by atoms with E-state index in [1.807, 2.05) is 0 Å². The lowest BCUT2D eigenvalue weighted by Gasteiger charge is -2.30. The lowest BCUT2D eigenvalue weighted by Crippen LogP contribution is -2.44. The Hall–Kier alpha value is -2.70. The molecule has 1 N–H and O–H groups in total. The zero-order valence-electron chi connectivity index (χ0n) is 15.8. The van der Waals surface area contributed by atoms with Gasteiger partial charge in [0.25, 0.3) is 5.91 Å². The van der Waals surface area contributed by atoms with E-state index in [4.69, 9.17) is 14.2 Å². The largest absolute Gasteiger partial charge is 0.486 e. The Morgan fingerprint density at radius 3 is 2.79 bits per heavy atom. The van der Waals surface area contributed by atoms with Crippen LogP contribution in [0.1, 0.15) is 38.5 Å². The van der Waals surface area contributed by atoms with Crippen molar-refractivity contribution in [3.63, 3.8) is 0 Å². The maximum Gasteiger partial charge on any atom is 0.326 e. The van der Waals surface area contributed by atoms with E-state index in [0.29, 0.717) is 48.6 Å². The molecule has 1 aromatic carbocycles. The van der Waals surface area contributed by atoms with Crippen LogP contribution in [-0.4, -0.2) is 47.7 Å². The quantitative estimate of drug-likeness (QED) is 0.808. The highest BCUT2D eigenvalue weighted by molar-refractivity contribution is 5.94. The van der Waals surface area contributed by atoms with E-state index in [1.165, 1.54) is 17.4 Å². The second-order valence-corrected chi connectivity index (χ2v) is 7.55. The highest BCUT2D eigenvalue weighted by atomic mass is 16.6. The third kappa shape index (κ3) is 3.93. The molecule has 0 unspecified atom stereocenters. The molecule has 3 aliphatic rings. The standard InChI is InChI=1S/C21H25NO6/c23-19-12-15(28-18-8-4-7-17-20(18)27-10-9-26-17)13-22(19)16(21(24)25)11-14-5-2-1-3-6-14/h4,7-8,12,14,16H,1-3,5-6,9-11,13H2,(H,24,25)/t16-/m0/s1. The maximum atomic E-state index is 12.5. The van der Waals surface area contributed by atoms with Crippen LogP contribution in [0.4, 0.5) is 0 Å². The van der Waals surface area contributed by atoms with E-state index >= 15 is 0 Å². The van der Waals surface area contributed by atoms with Crippen LogP contribution in [0.3, 0.4) is 0 Å². The molecule has 7 nitrogen and oxygen atoms in total. The SMILES string of the molecule is O=C(O)[C@H](CC1CCCCC1)N1CC(Oc2cccc3c2OCCO3)=CC1=O. The van der Waals surface area contributed by atoms with Crippen LogP contribution in [-0.2, 0) is 9.59 Å². The van der Waals surface area contributed by atoms with E-state index in [-0.39, 0.29) is 12.5 Å². The molecule has 0 radical (unpaired) electrons. The molecule has 2 aliphatic heterocycles. The van der Waals surface area contributed by atoms with Crippen molar-refractivity contribution in [2.75, 3.05) is 19.8 Å². The zero-order valence-corrected chi connectivity index (χ0v) is 15.8. The van der Waals surface area contributed by atoms with Crippen molar-refractivity contribution < 1.29 is 28.9 Å². The fraction of sp³-hybridized carbons (Fsp3) is 0.524. The number of ether oxygens (including phenoxy) is 3. The van der Waals surface area contributed by atoms with E-state index in [2.05, 4.69) is 0 Å². The Morgan fingerprint density at radius 2 is 2.00 bits per heavy atom. The number of carboxylic acids is 1. The minimum atomic E-state index is -0.956. The van der Waals surface area contributed by atoms with Crippen LogP contribution < -0.4 is 14.2 Å². The maximum absolute atomic E-state index is 12.5. The zero-order chi connectivity index (χ0) is 19.5. The van der Waals surface area contributed by atoms with Crippen molar-refractivity contribution in [1.29, 1.82) is 0 Å². The van der Waals surface area contributed by atoms with Gasteiger partial charge in [0.05, 0.1) is 6.54 Å². The summed E-state index contributed by atoms with van der Waals surface area (Å²) in [5, 5.41) is 9.72. The molecule has 0 aromatic heterocycles. The number of nitrogens with zero attached hydrogens (tertiary/aromatic N) is 1. The van der Waals surface area contributed by atoms with Gasteiger partial charge >= 0.3 is 5.97 Å². The Kier molecular flexibility index (Phi) is 5.41. The number of benzene rings is 1. The Balaban J connectivity index is 1.45. The summed E-state index contributed by atoms with van der Waals surface area (Å²) in [6.07, 6.45) is 7.44. The number of carbonyl (C=O) groups excluding carboxylic acids is 1. The van der Waals surface area contributed by atoms with Crippen molar-refractivity contribution in [2.24, 2.45) is 5.92 Å². The Morgan fingerprint density at radius 1 is 1.21 bits per heavy atom. The van der Waals surface area contributed by atoms with Gasteiger partial charge in [-0.05, 0) is 24.5 Å². The second kappa shape index (κ2) is 8.12. The molecule has 28 heavy (non-hydrogen) atoms. The van der Waals surface area contributed by atoms with Crippen LogP contribution in [0.5, 0.6) is 17.2 Å². The summed E-state index contributed by atoms with van der Waals surface area (Å²) in [6, 6.07) is 4.52. The van der Waals surface area contributed by atoms with Crippen LogP contribution in [0.2, 0.25) is 0 Å². The van der Waals surface area contributed by atoms with Gasteiger partial charge in [-0.2, -0.15) is 0 Å². The number of carboxylic acid groups (broad SMARTS) is 1. The topological polar surface area (TPSA) is 85.3 Å². The first-order valence-corrected chi connectivity index (χ1v) is 9.92. The molecule has 1 amide bonds. The molecule has 1 saturated carbocycles. The number of hydrogen-bond donors (Lipinski definition) is 1. The number of aliphatic carboxylic acids is 1. The minimum absolute atomic E-state index is 0.146. The van der Waals surface area contributed by atoms with Gasteiger partial charge in [0.15, 0.2) is 11.5 Å². The van der Waals surface area contributed by atoms with Crippen molar-refractivity contribution >= 4 is 11.9 Å². The van der Waals surface area contributed by atoms with E-state index in [1.54, 1.807) is 18.2 Å². The van der Waals surface area contributed by atoms with Gasteiger partial charge in [0.2, 0.25) is 5.75 Å². The molecule has 0 bridgehead atoms. The molecule has 7 heteroatoms. The minimum Gasteiger partial charge on any atom is -0.486 e. The normalized spacial score (nSPS) is 20.6. The number of hydrogen-bond acceptors (Lipinski definition) is 5. The fourth-order valence-electron chi connectivity index (χ4n) is 4.21. The summed E-state index contributed by atoms with van der Waals surface area (Å²) in [6.45, 7) is 1.06. The van der Waals surface area contributed by atoms with Crippen molar-refractivity contribution in [3.05, 3.63) is 30.0 Å². The van der Waals surface area contributed by atoms with Gasteiger partial charge in [-0.15, -0.1) is 0 Å². The first-order valence-electron chi connectivity index (χ1n) is 9.92. The van der Waals surface area contributed by atoms with Crippen LogP contribution >= 0.6 is 0 Å². The van der Waals surface area contributed by atoms with E-state index in [0.717, 1.165) is 25.7 Å². The van der Waals surface area contributed by atoms with Crippen LogP contribution in [0, 0.1) is 5.92 Å². The second-order valence-electron chi connectivity index (χ2n) is 7.55. The summed E-state index contributed by atoms with van der Waals surface area (Å²) >= 11 is 0. The lowest BCUT2D eigenvalue weighted by molar-refractivity contribution is -0.148. The smallest absolute Gasteiger partial charge is 0.326 e. The average molecular weight is 387 g/mol. The van der Waals surface area contributed by atoms with Gasteiger partial charge in [0, 0.05) is 6.08 Å². The molecule has 2 heterocycles. The van der Waals surface area contributed by atoms with Gasteiger partial charge < -0.3 is 24.2 Å². The van der Waals surface area contributed by atoms with Gasteiger partial charge in [-0.1, -0.05) is 38.2 Å². The van der Waals surface area contributed by atoms with Crippen molar-refractivity contribution in [3.8, 4) is 17.2 Å². The molecule has 0 spiro atoms. The average Bonchev–Trinajstić information content (AvgIpc) is 3.07. The molecule has 1 atom stereocenters. The number of fused-ring (bicyclic) bond motifs is 1. The number of amides is 1. The molecular weight excluding hydrogens is 362 g/mol. The molecule has 4 rings (SSSR count). The molecule has 1 aliphatic carbocycles. The van der Waals surface area contributed by atoms with Crippen LogP contribution in [0.25, 0.3) is 0 Å². The summed E-state index contributed by atoms with van der Waals surface area (Å²) in [7, 11) is 0. The van der Waals surface area contributed by atoms with Crippen molar-refractivity contribution in [1.82, 2.24) is 4.90 Å². The summed E-state index contributed by atoms with van der Waals surface area (Å²) in [4.78, 5) is 25.8. The molecule has 0 saturated heterocycles. The third-order valence-electron chi connectivity index (χ3n) is 5.61. The highest BCUT2D eigenvalue weighted by Crippen LogP contribution is 2.40. The number of para-hydroxylation sites is 1. The van der Waals surface area contributed by atoms with Gasteiger partial charge in [-0.25, -0.2) is 4.79 Å². The summed E-state index contributed by atoms with van der Waals surface area (Å²) < 4.78 is 17.1. The fourth-order valence-corrected chi connectivity index (χ4v) is 4.21. The third-order valence-corrected chi connectivity index (χ3v) is 5.61. The van der Waals surface area contributed by atoms with Gasteiger partial charge in [0.1, 0.15) is 25.0 Å². The number of rotatable bonds is 6. The Bertz CT molecular complexity index is 783. The van der Waals surface area contributed by atoms with E-state index in [9.17, 15) is 14.7 Å². The Labute approximate surface area is 163 Å². The molecule has 150 valence electrons. The highest BCUT2D eigenvalue weighted by Gasteiger charge is 2.36. The first kappa shape index (κ1) is 18.7. The molecule has 1 aromatic rings. The monoisotopic (exact) mass is 387 g/mol. The lowest BCUT2D eigenvalue weighted by atomic mass is 9.84. The first-order chi connectivity index (χ1) is 13.6. The predicted molar refractivity (Wildman–Crippen MR) is 100 cm³/mol. The van der Waals surface area contributed by atoms with E-state index < -0.39 is 12.0 Å². The molecule has 1 fully saturated rings. The number of carbonyl (C=O) groups is 2. The summed E-state index contributed by atoms with van der Waals surface area (Å²) in [5.41, 5.74) is 0. The van der Waals surface area contributed by atoms with Gasteiger partial charge in [-0.3, -0.25) is 4.79 Å². The molecular formula is C21H25NO6. The predicted octanol–water partition coefficient (Wildman–Crippen LogP) is 2.99. The van der Waals surface area contributed by atoms with Crippen LogP contribution in [0.15, 0.2) is 30.0 Å².